The molecule has 2 atom stereocenters. The Kier molecular flexibility index (Phi) is 2.53. The number of rotatable bonds is 2. The smallest absolute Gasteiger partial charge is 0.307 e. The number of carbonyl (C=O) groups is 1. The van der Waals surface area contributed by atoms with Crippen LogP contribution in [0, 0.1) is 5.92 Å². The molecule has 74 valence electrons. The second kappa shape index (κ2) is 3.82. The van der Waals surface area contributed by atoms with E-state index in [1.54, 1.807) is 0 Å². The molecule has 14 heavy (non-hydrogen) atoms. The molecule has 0 saturated heterocycles. The number of hydrogen-bond acceptors (Lipinski definition) is 1. The van der Waals surface area contributed by atoms with E-state index in [9.17, 15) is 4.79 Å². The van der Waals surface area contributed by atoms with E-state index in [0.717, 1.165) is 19.3 Å². The molecule has 0 radical (unpaired) electrons. The summed E-state index contributed by atoms with van der Waals surface area (Å²) in [6, 6.07) is 9.99. The van der Waals surface area contributed by atoms with Crippen LogP contribution in [0.1, 0.15) is 30.7 Å². The van der Waals surface area contributed by atoms with E-state index >= 15 is 0 Å². The summed E-state index contributed by atoms with van der Waals surface area (Å²) in [4.78, 5) is 11.0. The molecular weight excluding hydrogens is 176 g/mol. The maximum absolute atomic E-state index is 11.0. The van der Waals surface area contributed by atoms with Gasteiger partial charge in [-0.3, -0.25) is 4.79 Å². The molecular formula is C12H14O2. The van der Waals surface area contributed by atoms with Gasteiger partial charge in [0.25, 0.3) is 0 Å². The Morgan fingerprint density at radius 3 is 2.57 bits per heavy atom. The van der Waals surface area contributed by atoms with Gasteiger partial charge in [0.2, 0.25) is 0 Å². The normalized spacial score (nSPS) is 26.3. The monoisotopic (exact) mass is 190 g/mol. The van der Waals surface area contributed by atoms with Crippen molar-refractivity contribution < 1.29 is 9.90 Å². The highest BCUT2D eigenvalue weighted by Gasteiger charge is 2.33. The summed E-state index contributed by atoms with van der Waals surface area (Å²) < 4.78 is 0. The zero-order valence-electron chi connectivity index (χ0n) is 8.02. The lowest BCUT2D eigenvalue weighted by atomic mass is 9.89. The number of benzene rings is 1. The van der Waals surface area contributed by atoms with Crippen molar-refractivity contribution in [3.8, 4) is 0 Å². The van der Waals surface area contributed by atoms with Gasteiger partial charge >= 0.3 is 5.97 Å². The van der Waals surface area contributed by atoms with Crippen molar-refractivity contribution in [2.75, 3.05) is 0 Å². The number of carboxylic acids is 1. The minimum absolute atomic E-state index is 0.169. The van der Waals surface area contributed by atoms with Gasteiger partial charge in [-0.05, 0) is 24.3 Å². The van der Waals surface area contributed by atoms with Crippen molar-refractivity contribution in [2.24, 2.45) is 5.92 Å². The average molecular weight is 190 g/mol. The van der Waals surface area contributed by atoms with Crippen molar-refractivity contribution in [3.05, 3.63) is 35.9 Å². The quantitative estimate of drug-likeness (QED) is 0.778. The summed E-state index contributed by atoms with van der Waals surface area (Å²) in [5.74, 6) is -0.581. The minimum Gasteiger partial charge on any atom is -0.481 e. The second-order valence-corrected chi connectivity index (χ2v) is 3.89. The van der Waals surface area contributed by atoms with Crippen LogP contribution in [0.15, 0.2) is 30.3 Å². The first-order valence-corrected chi connectivity index (χ1v) is 5.07. The van der Waals surface area contributed by atoms with E-state index < -0.39 is 5.97 Å². The zero-order valence-corrected chi connectivity index (χ0v) is 8.02. The predicted molar refractivity (Wildman–Crippen MR) is 54.2 cm³/mol. The Labute approximate surface area is 83.6 Å². The molecule has 2 nitrogen and oxygen atoms in total. The molecule has 1 fully saturated rings. The Bertz CT molecular complexity index is 318. The van der Waals surface area contributed by atoms with Gasteiger partial charge in [-0.1, -0.05) is 36.8 Å². The largest absolute Gasteiger partial charge is 0.481 e. The van der Waals surface area contributed by atoms with E-state index in [4.69, 9.17) is 5.11 Å². The van der Waals surface area contributed by atoms with E-state index in [2.05, 4.69) is 0 Å². The van der Waals surface area contributed by atoms with Crippen molar-refractivity contribution in [3.63, 3.8) is 0 Å². The van der Waals surface area contributed by atoms with Gasteiger partial charge in [-0.25, -0.2) is 0 Å². The highest BCUT2D eigenvalue weighted by Crippen LogP contribution is 2.39. The third kappa shape index (κ3) is 1.65. The first-order chi connectivity index (χ1) is 6.79. The molecule has 1 saturated carbocycles. The molecule has 0 amide bonds. The van der Waals surface area contributed by atoms with Gasteiger partial charge in [0.1, 0.15) is 0 Å². The van der Waals surface area contributed by atoms with Gasteiger partial charge in [-0.15, -0.1) is 0 Å². The lowest BCUT2D eigenvalue weighted by molar-refractivity contribution is -0.142. The molecule has 2 heteroatoms. The Balaban J connectivity index is 2.22. The van der Waals surface area contributed by atoms with Crippen LogP contribution in [0.5, 0.6) is 0 Å². The van der Waals surface area contributed by atoms with Crippen LogP contribution in [0.4, 0.5) is 0 Å². The average Bonchev–Trinajstić information content (AvgIpc) is 2.67. The fourth-order valence-electron chi connectivity index (χ4n) is 2.35. The molecule has 0 heterocycles. The van der Waals surface area contributed by atoms with Crippen molar-refractivity contribution in [1.82, 2.24) is 0 Å². The SMILES string of the molecule is O=C(O)C1CCC[C@@H]1c1ccccc1. The lowest BCUT2D eigenvalue weighted by Crippen LogP contribution is -2.16. The highest BCUT2D eigenvalue weighted by molar-refractivity contribution is 5.71. The fourth-order valence-corrected chi connectivity index (χ4v) is 2.35. The number of carboxylic acid groups (broad SMARTS) is 1. The van der Waals surface area contributed by atoms with E-state index in [-0.39, 0.29) is 11.8 Å². The van der Waals surface area contributed by atoms with Gasteiger partial charge in [0, 0.05) is 0 Å². The Morgan fingerprint density at radius 2 is 1.93 bits per heavy atom. The second-order valence-electron chi connectivity index (χ2n) is 3.89. The molecule has 1 aromatic rings. The number of aliphatic carboxylic acids is 1. The van der Waals surface area contributed by atoms with Gasteiger partial charge < -0.3 is 5.11 Å². The molecule has 0 aromatic heterocycles. The van der Waals surface area contributed by atoms with Crippen LogP contribution in [-0.2, 0) is 4.79 Å². The molecule has 0 bridgehead atoms. The van der Waals surface area contributed by atoms with Crippen LogP contribution in [0.3, 0.4) is 0 Å². The third-order valence-electron chi connectivity index (χ3n) is 3.06. The lowest BCUT2D eigenvalue weighted by Gasteiger charge is -2.15. The van der Waals surface area contributed by atoms with Crippen LogP contribution >= 0.6 is 0 Å². The van der Waals surface area contributed by atoms with E-state index in [1.165, 1.54) is 5.56 Å². The maximum atomic E-state index is 11.0. The van der Waals surface area contributed by atoms with E-state index in [1.807, 2.05) is 30.3 Å². The van der Waals surface area contributed by atoms with Crippen LogP contribution < -0.4 is 0 Å². The first kappa shape index (κ1) is 9.25. The van der Waals surface area contributed by atoms with Crippen molar-refractivity contribution in [1.29, 1.82) is 0 Å². The van der Waals surface area contributed by atoms with Crippen molar-refractivity contribution >= 4 is 5.97 Å². The summed E-state index contributed by atoms with van der Waals surface area (Å²) in [5.41, 5.74) is 1.18. The zero-order chi connectivity index (χ0) is 9.97. The van der Waals surface area contributed by atoms with Gasteiger partial charge in [0.15, 0.2) is 0 Å². The highest BCUT2D eigenvalue weighted by atomic mass is 16.4. The van der Waals surface area contributed by atoms with Gasteiger partial charge in [-0.2, -0.15) is 0 Å². The van der Waals surface area contributed by atoms with Gasteiger partial charge in [0.05, 0.1) is 5.92 Å². The summed E-state index contributed by atoms with van der Waals surface area (Å²) in [6.07, 6.45) is 2.88. The summed E-state index contributed by atoms with van der Waals surface area (Å²) >= 11 is 0. The van der Waals surface area contributed by atoms with Crippen molar-refractivity contribution in [2.45, 2.75) is 25.2 Å². The third-order valence-corrected chi connectivity index (χ3v) is 3.06. The molecule has 0 spiro atoms. The Morgan fingerprint density at radius 1 is 1.21 bits per heavy atom. The summed E-state index contributed by atoms with van der Waals surface area (Å²) in [6.45, 7) is 0. The summed E-state index contributed by atoms with van der Waals surface area (Å²) in [7, 11) is 0. The van der Waals surface area contributed by atoms with E-state index in [0.29, 0.717) is 0 Å². The first-order valence-electron chi connectivity index (χ1n) is 5.07. The standard InChI is InChI=1S/C12H14O2/c13-12(14)11-8-4-7-10(11)9-5-2-1-3-6-9/h1-3,5-6,10-11H,4,7-8H2,(H,13,14)/t10-,11?/m1/s1. The predicted octanol–water partition coefficient (Wildman–Crippen LogP) is 2.65. The topological polar surface area (TPSA) is 37.3 Å². The molecule has 1 aliphatic rings. The summed E-state index contributed by atoms with van der Waals surface area (Å²) in [5, 5.41) is 9.04. The Hall–Kier alpha value is -1.31. The van der Waals surface area contributed by atoms with Crippen LogP contribution in [-0.4, -0.2) is 11.1 Å². The fraction of sp³-hybridized carbons (Fsp3) is 0.417. The van der Waals surface area contributed by atoms with Crippen LogP contribution in [0.2, 0.25) is 0 Å². The number of hydrogen-bond donors (Lipinski definition) is 1. The molecule has 1 aliphatic carbocycles. The molecule has 1 N–H and O–H groups in total. The molecule has 0 aliphatic heterocycles. The van der Waals surface area contributed by atoms with Crippen LogP contribution in [0.25, 0.3) is 0 Å². The molecule has 1 unspecified atom stereocenters. The minimum atomic E-state index is -0.642. The molecule has 2 rings (SSSR count). The molecule has 1 aromatic carbocycles. The maximum Gasteiger partial charge on any atom is 0.307 e.